The summed E-state index contributed by atoms with van der Waals surface area (Å²) in [6.45, 7) is 0. The van der Waals surface area contributed by atoms with Crippen LogP contribution in [0.15, 0.2) is 47.4 Å². The van der Waals surface area contributed by atoms with E-state index in [0.717, 1.165) is 42.1 Å². The molecule has 8 nitrogen and oxygen atoms in total. The minimum Gasteiger partial charge on any atom is -0.450 e. The summed E-state index contributed by atoms with van der Waals surface area (Å²) in [6, 6.07) is 8.22. The number of nitro benzene ring substituents is 1. The van der Waals surface area contributed by atoms with Crippen LogP contribution in [0.5, 0.6) is 11.5 Å². The lowest BCUT2D eigenvalue weighted by Crippen LogP contribution is -2.57. The fraction of sp³-hybridized carbons (Fsp3) is 0.393. The molecule has 1 saturated heterocycles. The number of carbonyl (C=O) groups excluding carboxylic acids is 2. The summed E-state index contributed by atoms with van der Waals surface area (Å²) >= 11 is 6.44. The Morgan fingerprint density at radius 2 is 1.78 bits per heavy atom. The van der Waals surface area contributed by atoms with Gasteiger partial charge in [0.05, 0.1) is 20.8 Å². The number of amides is 2. The molecule has 1 heterocycles. The molecule has 5 aliphatic rings. The largest absolute Gasteiger partial charge is 0.450 e. The van der Waals surface area contributed by atoms with Crippen molar-refractivity contribution in [3.63, 3.8) is 0 Å². The molecule has 41 heavy (non-hydrogen) atoms. The molecule has 1 aliphatic heterocycles. The fourth-order valence-corrected chi connectivity index (χ4v) is 8.22. The maximum absolute atomic E-state index is 13.5. The van der Waals surface area contributed by atoms with Gasteiger partial charge in [-0.25, -0.2) is 0 Å². The van der Waals surface area contributed by atoms with Crippen molar-refractivity contribution in [3.8, 4) is 11.5 Å². The molecule has 13 heteroatoms. The minimum absolute atomic E-state index is 0.118. The molecule has 4 aliphatic carbocycles. The van der Waals surface area contributed by atoms with E-state index in [9.17, 15) is 32.9 Å². The van der Waals surface area contributed by atoms with Crippen LogP contribution in [-0.2, 0) is 15.8 Å². The third kappa shape index (κ3) is 5.32. The van der Waals surface area contributed by atoms with Crippen LogP contribution in [0.25, 0.3) is 6.08 Å². The van der Waals surface area contributed by atoms with Gasteiger partial charge in [-0.1, -0.05) is 23.9 Å². The molecule has 4 bridgehead atoms. The van der Waals surface area contributed by atoms with Crippen LogP contribution in [0.3, 0.4) is 0 Å². The number of thiocarbonyl (C=S) groups is 1. The van der Waals surface area contributed by atoms with E-state index in [1.165, 1.54) is 31.4 Å². The maximum Gasteiger partial charge on any atom is 0.416 e. The van der Waals surface area contributed by atoms with Gasteiger partial charge in [0.25, 0.3) is 5.91 Å². The molecule has 1 N–H and O–H groups in total. The SMILES string of the molecule is O=C1/C(=C\c2cccc(Oc3ccc(C(F)(F)F)cc3[N+](=O)[O-])c2)SC(=S)N1NC(=O)C12CC3CC(CC(C3)C1)C2. The molecule has 0 atom stereocenters. The van der Waals surface area contributed by atoms with Gasteiger partial charge in [0, 0.05) is 6.07 Å². The van der Waals surface area contributed by atoms with Crippen molar-refractivity contribution in [2.24, 2.45) is 23.2 Å². The van der Waals surface area contributed by atoms with Crippen LogP contribution in [0, 0.1) is 33.3 Å². The van der Waals surface area contributed by atoms with E-state index in [4.69, 9.17) is 17.0 Å². The predicted octanol–water partition coefficient (Wildman–Crippen LogP) is 6.85. The minimum atomic E-state index is -4.75. The Hall–Kier alpha value is -3.45. The Balaban J connectivity index is 1.18. The van der Waals surface area contributed by atoms with Crippen molar-refractivity contribution in [3.05, 3.63) is 68.6 Å². The van der Waals surface area contributed by atoms with E-state index >= 15 is 0 Å². The van der Waals surface area contributed by atoms with Gasteiger partial charge in [0.1, 0.15) is 5.75 Å². The van der Waals surface area contributed by atoms with E-state index in [1.807, 2.05) is 0 Å². The number of carbonyl (C=O) groups is 2. The monoisotopic (exact) mass is 603 g/mol. The summed E-state index contributed by atoms with van der Waals surface area (Å²) < 4.78 is 44.8. The summed E-state index contributed by atoms with van der Waals surface area (Å²) in [4.78, 5) is 37.4. The van der Waals surface area contributed by atoms with Crippen LogP contribution < -0.4 is 10.2 Å². The number of nitrogens with zero attached hydrogens (tertiary/aromatic N) is 2. The van der Waals surface area contributed by atoms with Crippen molar-refractivity contribution in [1.29, 1.82) is 0 Å². The number of thioether (sulfide) groups is 1. The van der Waals surface area contributed by atoms with Crippen LogP contribution >= 0.6 is 24.0 Å². The number of hydrogen-bond donors (Lipinski definition) is 1. The average molecular weight is 604 g/mol. The van der Waals surface area contributed by atoms with E-state index in [0.29, 0.717) is 35.4 Å². The van der Waals surface area contributed by atoms with Crippen molar-refractivity contribution in [2.45, 2.75) is 44.7 Å². The molecule has 0 aromatic heterocycles. The summed E-state index contributed by atoms with van der Waals surface area (Å²) in [5.74, 6) is 0.834. The molecule has 5 fully saturated rings. The molecular formula is C28H24F3N3O5S2. The summed E-state index contributed by atoms with van der Waals surface area (Å²) in [6.07, 6.45) is 2.90. The number of benzene rings is 2. The summed E-state index contributed by atoms with van der Waals surface area (Å²) in [5.41, 5.74) is 0.844. The highest BCUT2D eigenvalue weighted by Crippen LogP contribution is 2.60. The molecule has 0 spiro atoms. The van der Waals surface area contributed by atoms with Crippen molar-refractivity contribution in [1.82, 2.24) is 10.4 Å². The first-order valence-corrected chi connectivity index (χ1v) is 14.4. The lowest BCUT2D eigenvalue weighted by Gasteiger charge is -2.55. The number of hydrogen-bond acceptors (Lipinski definition) is 7. The van der Waals surface area contributed by atoms with Gasteiger partial charge in [-0.15, -0.1) is 0 Å². The number of rotatable bonds is 6. The zero-order valence-electron chi connectivity index (χ0n) is 21.5. The number of alkyl halides is 3. The van der Waals surface area contributed by atoms with Gasteiger partial charge >= 0.3 is 11.9 Å². The normalized spacial score (nSPS) is 27.9. The van der Waals surface area contributed by atoms with Crippen LogP contribution in [0.2, 0.25) is 0 Å². The highest BCUT2D eigenvalue weighted by atomic mass is 32.2. The molecule has 2 aromatic rings. The molecular weight excluding hydrogens is 579 g/mol. The zero-order chi connectivity index (χ0) is 29.1. The number of nitro groups is 1. The molecule has 0 radical (unpaired) electrons. The average Bonchev–Trinajstić information content (AvgIpc) is 3.14. The Morgan fingerprint density at radius 1 is 1.12 bits per heavy atom. The maximum atomic E-state index is 13.5. The first-order valence-electron chi connectivity index (χ1n) is 13.1. The highest BCUT2D eigenvalue weighted by molar-refractivity contribution is 8.26. The van der Waals surface area contributed by atoms with Crippen LogP contribution in [0.1, 0.15) is 49.7 Å². The van der Waals surface area contributed by atoms with E-state index < -0.39 is 33.7 Å². The fourth-order valence-electron chi connectivity index (χ4n) is 7.04. The molecule has 7 rings (SSSR count). The van der Waals surface area contributed by atoms with Crippen LogP contribution in [0.4, 0.5) is 18.9 Å². The van der Waals surface area contributed by atoms with Crippen LogP contribution in [-0.4, -0.2) is 26.1 Å². The van der Waals surface area contributed by atoms with Gasteiger partial charge in [0.15, 0.2) is 4.32 Å². The Bertz CT molecular complexity index is 1470. The predicted molar refractivity (Wildman–Crippen MR) is 148 cm³/mol. The zero-order valence-corrected chi connectivity index (χ0v) is 23.1. The van der Waals surface area contributed by atoms with Crippen molar-refractivity contribution in [2.75, 3.05) is 0 Å². The van der Waals surface area contributed by atoms with E-state index in [-0.39, 0.29) is 26.6 Å². The Kier molecular flexibility index (Phi) is 6.84. The standard InChI is InChI=1S/C28H24F3N3O5S2/c29-28(30,31)19-4-5-22(21(11-19)34(37)38)39-20-3-1-2-15(9-20)10-23-24(35)33(26(40)41-23)32-25(36)27-12-16-6-17(13-27)8-18(7-16)14-27/h1-5,9-11,16-18H,6-8,12-14H2,(H,32,36)/b23-10+. The molecule has 0 unspecified atom stereocenters. The molecule has 4 saturated carbocycles. The topological polar surface area (TPSA) is 102 Å². The molecule has 2 aromatic carbocycles. The summed E-state index contributed by atoms with van der Waals surface area (Å²) in [5, 5.41) is 12.5. The third-order valence-electron chi connectivity index (χ3n) is 8.39. The third-order valence-corrected chi connectivity index (χ3v) is 9.70. The van der Waals surface area contributed by atoms with Gasteiger partial charge in [-0.2, -0.15) is 18.2 Å². The van der Waals surface area contributed by atoms with Gasteiger partial charge in [-0.3, -0.25) is 25.1 Å². The second kappa shape index (κ2) is 10.1. The lowest BCUT2D eigenvalue weighted by atomic mass is 9.49. The number of hydrazine groups is 1. The van der Waals surface area contributed by atoms with E-state index in [2.05, 4.69) is 5.43 Å². The second-order valence-corrected chi connectivity index (χ2v) is 12.9. The van der Waals surface area contributed by atoms with E-state index in [1.54, 1.807) is 18.2 Å². The van der Waals surface area contributed by atoms with Gasteiger partial charge in [-0.05, 0) is 104 Å². The molecule has 214 valence electrons. The van der Waals surface area contributed by atoms with Gasteiger partial charge in [0.2, 0.25) is 11.7 Å². The smallest absolute Gasteiger partial charge is 0.416 e. The first kappa shape index (κ1) is 27.7. The Morgan fingerprint density at radius 3 is 2.39 bits per heavy atom. The number of ether oxygens (including phenoxy) is 1. The Labute approximate surface area is 242 Å². The number of halogens is 3. The highest BCUT2D eigenvalue weighted by Gasteiger charge is 2.55. The molecule has 2 amide bonds. The van der Waals surface area contributed by atoms with Gasteiger partial charge < -0.3 is 4.74 Å². The quantitative estimate of drug-likeness (QED) is 0.167. The summed E-state index contributed by atoms with van der Waals surface area (Å²) in [7, 11) is 0. The second-order valence-electron chi connectivity index (χ2n) is 11.3. The van der Waals surface area contributed by atoms with Crippen molar-refractivity contribution >= 4 is 51.9 Å². The first-order chi connectivity index (χ1) is 19.4. The lowest BCUT2D eigenvalue weighted by molar-refractivity contribution is -0.385. The van der Waals surface area contributed by atoms with Crippen molar-refractivity contribution < 1.29 is 32.4 Å². The number of nitrogens with one attached hydrogen (secondary N) is 1.